The van der Waals surface area contributed by atoms with Crippen molar-refractivity contribution in [2.24, 2.45) is 0 Å². The summed E-state index contributed by atoms with van der Waals surface area (Å²) in [5.41, 5.74) is -0.615. The van der Waals surface area contributed by atoms with Crippen molar-refractivity contribution in [2.75, 3.05) is 39.4 Å². The van der Waals surface area contributed by atoms with Crippen molar-refractivity contribution in [3.63, 3.8) is 0 Å². The second-order valence-corrected chi connectivity index (χ2v) is 5.84. The number of carboxylic acid groups (broad SMARTS) is 1. The number of nitriles is 1. The lowest BCUT2D eigenvalue weighted by Gasteiger charge is -2.46. The lowest BCUT2D eigenvalue weighted by molar-refractivity contribution is -0.132. The molecule has 0 aromatic carbocycles. The molecule has 6 heteroatoms. The van der Waals surface area contributed by atoms with Gasteiger partial charge < -0.3 is 9.84 Å². The van der Waals surface area contributed by atoms with Crippen LogP contribution in [0.25, 0.3) is 0 Å². The highest BCUT2D eigenvalue weighted by atomic mass is 16.5. The number of aliphatic carboxylic acids is 1. The lowest BCUT2D eigenvalue weighted by atomic mass is 9.97. The standard InChI is InChI=1S/C14H21N3O3/c1-14(2,7-11(8-15)13(18)19)17-5-3-16(4-6-17)12-9-20-10-12/h7,12H,3-6,9-10H2,1-2H3,(H,18,19). The Morgan fingerprint density at radius 2 is 1.95 bits per heavy atom. The molecular weight excluding hydrogens is 258 g/mol. The van der Waals surface area contributed by atoms with Gasteiger partial charge in [-0.3, -0.25) is 9.80 Å². The molecule has 0 amide bonds. The third kappa shape index (κ3) is 3.18. The number of ether oxygens (including phenoxy) is 1. The van der Waals surface area contributed by atoms with E-state index in [4.69, 9.17) is 15.1 Å². The van der Waals surface area contributed by atoms with Gasteiger partial charge in [-0.1, -0.05) is 0 Å². The molecule has 0 aromatic rings. The third-order valence-electron chi connectivity index (χ3n) is 4.11. The molecule has 6 nitrogen and oxygen atoms in total. The van der Waals surface area contributed by atoms with Gasteiger partial charge in [-0.2, -0.15) is 5.26 Å². The summed E-state index contributed by atoms with van der Waals surface area (Å²) in [6.45, 7) is 9.21. The number of piperazine rings is 1. The van der Waals surface area contributed by atoms with E-state index < -0.39 is 11.5 Å². The minimum absolute atomic E-state index is 0.190. The molecule has 110 valence electrons. The van der Waals surface area contributed by atoms with Crippen LogP contribution in [0, 0.1) is 11.3 Å². The molecule has 0 spiro atoms. The normalized spacial score (nSPS) is 23.1. The fraction of sp³-hybridized carbons (Fsp3) is 0.714. The average molecular weight is 279 g/mol. The second-order valence-electron chi connectivity index (χ2n) is 5.84. The Hall–Kier alpha value is -1.42. The van der Waals surface area contributed by atoms with Gasteiger partial charge >= 0.3 is 5.97 Å². The fourth-order valence-electron chi connectivity index (χ4n) is 2.68. The van der Waals surface area contributed by atoms with Crippen molar-refractivity contribution in [3.05, 3.63) is 11.6 Å². The molecule has 0 bridgehead atoms. The van der Waals surface area contributed by atoms with E-state index in [1.165, 1.54) is 0 Å². The van der Waals surface area contributed by atoms with Crippen LogP contribution in [0.4, 0.5) is 0 Å². The molecule has 2 aliphatic heterocycles. The quantitative estimate of drug-likeness (QED) is 0.590. The van der Waals surface area contributed by atoms with Gasteiger partial charge in [-0.25, -0.2) is 4.79 Å². The average Bonchev–Trinajstić information content (AvgIpc) is 2.34. The van der Waals surface area contributed by atoms with Gasteiger partial charge in [-0.05, 0) is 19.9 Å². The molecule has 2 saturated heterocycles. The summed E-state index contributed by atoms with van der Waals surface area (Å²) < 4.78 is 5.21. The van der Waals surface area contributed by atoms with Gasteiger partial charge in [0.1, 0.15) is 11.6 Å². The summed E-state index contributed by atoms with van der Waals surface area (Å²) in [6.07, 6.45) is 1.55. The molecule has 0 radical (unpaired) electrons. The number of carboxylic acids is 1. The Labute approximate surface area is 119 Å². The smallest absolute Gasteiger partial charge is 0.346 e. The second kappa shape index (κ2) is 5.92. The first-order valence-electron chi connectivity index (χ1n) is 6.87. The summed E-state index contributed by atoms with van der Waals surface area (Å²) in [7, 11) is 0. The van der Waals surface area contributed by atoms with E-state index in [0.29, 0.717) is 6.04 Å². The summed E-state index contributed by atoms with van der Waals surface area (Å²) in [5, 5.41) is 17.8. The van der Waals surface area contributed by atoms with E-state index in [1.807, 2.05) is 13.8 Å². The molecule has 0 aromatic heterocycles. The molecule has 1 N–H and O–H groups in total. The van der Waals surface area contributed by atoms with Gasteiger partial charge in [0.05, 0.1) is 19.3 Å². The van der Waals surface area contributed by atoms with Crippen molar-refractivity contribution >= 4 is 5.97 Å². The van der Waals surface area contributed by atoms with Crippen LogP contribution in [0.15, 0.2) is 11.6 Å². The summed E-state index contributed by atoms with van der Waals surface area (Å²) in [5.74, 6) is -1.16. The third-order valence-corrected chi connectivity index (χ3v) is 4.11. The summed E-state index contributed by atoms with van der Waals surface area (Å²) in [4.78, 5) is 15.6. The maximum absolute atomic E-state index is 10.9. The minimum atomic E-state index is -1.16. The van der Waals surface area contributed by atoms with Crippen molar-refractivity contribution in [2.45, 2.75) is 25.4 Å². The molecule has 0 saturated carbocycles. The van der Waals surface area contributed by atoms with Crippen LogP contribution in [0.2, 0.25) is 0 Å². The van der Waals surface area contributed by atoms with Gasteiger partial charge in [0.15, 0.2) is 0 Å². The first kappa shape index (κ1) is 15.0. The molecule has 0 aliphatic carbocycles. The van der Waals surface area contributed by atoms with Gasteiger partial charge in [0.2, 0.25) is 0 Å². The molecule has 2 fully saturated rings. The molecular formula is C14H21N3O3. The SMILES string of the molecule is CC(C)(C=C(C#N)C(=O)O)N1CCN(C2COC2)CC1. The van der Waals surface area contributed by atoms with E-state index in [9.17, 15) is 4.79 Å². The van der Waals surface area contributed by atoms with Crippen LogP contribution in [-0.2, 0) is 9.53 Å². The number of rotatable bonds is 4. The fourth-order valence-corrected chi connectivity index (χ4v) is 2.68. The van der Waals surface area contributed by atoms with Crippen molar-refractivity contribution < 1.29 is 14.6 Å². The molecule has 0 atom stereocenters. The maximum Gasteiger partial charge on any atom is 0.346 e. The van der Waals surface area contributed by atoms with Crippen molar-refractivity contribution in [1.29, 1.82) is 5.26 Å². The molecule has 0 unspecified atom stereocenters. The molecule has 20 heavy (non-hydrogen) atoms. The van der Waals surface area contributed by atoms with Crippen LogP contribution in [0.1, 0.15) is 13.8 Å². The number of hydrogen-bond acceptors (Lipinski definition) is 5. The van der Waals surface area contributed by atoms with E-state index in [2.05, 4.69) is 9.80 Å². The maximum atomic E-state index is 10.9. The van der Waals surface area contributed by atoms with Crippen LogP contribution in [-0.4, -0.2) is 71.8 Å². The van der Waals surface area contributed by atoms with Gasteiger partial charge in [-0.15, -0.1) is 0 Å². The van der Waals surface area contributed by atoms with E-state index >= 15 is 0 Å². The Balaban J connectivity index is 1.97. The number of hydrogen-bond donors (Lipinski definition) is 1. The highest BCUT2D eigenvalue weighted by Crippen LogP contribution is 2.22. The number of carbonyl (C=O) groups is 1. The lowest BCUT2D eigenvalue weighted by Crippen LogP contribution is -2.59. The van der Waals surface area contributed by atoms with Crippen LogP contribution < -0.4 is 0 Å². The molecule has 2 heterocycles. The highest BCUT2D eigenvalue weighted by Gasteiger charge is 2.33. The summed E-state index contributed by atoms with van der Waals surface area (Å²) in [6, 6.07) is 2.30. The topological polar surface area (TPSA) is 76.8 Å². The first-order chi connectivity index (χ1) is 9.44. The van der Waals surface area contributed by atoms with E-state index in [-0.39, 0.29) is 5.57 Å². The van der Waals surface area contributed by atoms with Crippen molar-refractivity contribution in [1.82, 2.24) is 9.80 Å². The Bertz CT molecular complexity index is 441. The van der Waals surface area contributed by atoms with E-state index in [0.717, 1.165) is 39.4 Å². The largest absolute Gasteiger partial charge is 0.477 e. The van der Waals surface area contributed by atoms with Crippen LogP contribution >= 0.6 is 0 Å². The first-order valence-corrected chi connectivity index (χ1v) is 6.87. The van der Waals surface area contributed by atoms with Crippen LogP contribution in [0.5, 0.6) is 0 Å². The van der Waals surface area contributed by atoms with Gasteiger partial charge in [0, 0.05) is 31.7 Å². The Morgan fingerprint density at radius 1 is 1.35 bits per heavy atom. The zero-order valence-electron chi connectivity index (χ0n) is 12.0. The van der Waals surface area contributed by atoms with E-state index in [1.54, 1.807) is 12.1 Å². The minimum Gasteiger partial charge on any atom is -0.477 e. The predicted molar refractivity (Wildman–Crippen MR) is 73.2 cm³/mol. The Kier molecular flexibility index (Phi) is 4.43. The Morgan fingerprint density at radius 3 is 2.35 bits per heavy atom. The van der Waals surface area contributed by atoms with Gasteiger partial charge in [0.25, 0.3) is 0 Å². The highest BCUT2D eigenvalue weighted by molar-refractivity contribution is 5.91. The number of nitrogens with zero attached hydrogens (tertiary/aromatic N) is 3. The molecule has 2 aliphatic rings. The zero-order valence-corrected chi connectivity index (χ0v) is 12.0. The van der Waals surface area contributed by atoms with Crippen LogP contribution in [0.3, 0.4) is 0 Å². The summed E-state index contributed by atoms with van der Waals surface area (Å²) >= 11 is 0. The van der Waals surface area contributed by atoms with Crippen molar-refractivity contribution in [3.8, 4) is 6.07 Å². The molecule has 2 rings (SSSR count). The monoisotopic (exact) mass is 279 g/mol. The predicted octanol–water partition coefficient (Wildman–Crippen LogP) is 0.316. The zero-order chi connectivity index (χ0) is 14.8.